The molecule has 2 nitrogen and oxygen atoms in total. The van der Waals surface area contributed by atoms with Gasteiger partial charge >= 0.3 is 0 Å². The van der Waals surface area contributed by atoms with Crippen LogP contribution in [-0.2, 0) is 0 Å². The molecule has 0 spiro atoms. The van der Waals surface area contributed by atoms with Gasteiger partial charge < -0.3 is 10.6 Å². The van der Waals surface area contributed by atoms with E-state index in [1.807, 2.05) is 17.8 Å². The largest absolute Gasteiger partial charge is 0.397 e. The normalized spacial score (nSPS) is 17.1. The second-order valence-electron chi connectivity index (χ2n) is 3.66. The molecule has 1 saturated heterocycles. The highest BCUT2D eigenvalue weighted by atomic mass is 32.2. The number of thioether (sulfide) groups is 1. The molecule has 2 N–H and O–H groups in total. The highest BCUT2D eigenvalue weighted by molar-refractivity contribution is 7.99. The lowest BCUT2D eigenvalue weighted by Crippen LogP contribution is -2.32. The van der Waals surface area contributed by atoms with Crippen LogP contribution in [0.15, 0.2) is 18.2 Å². The van der Waals surface area contributed by atoms with Crippen molar-refractivity contribution in [3.05, 3.63) is 23.8 Å². The van der Waals surface area contributed by atoms with E-state index in [2.05, 4.69) is 24.0 Å². The topological polar surface area (TPSA) is 29.3 Å². The molecule has 1 aliphatic heterocycles. The molecule has 0 radical (unpaired) electrons. The summed E-state index contributed by atoms with van der Waals surface area (Å²) in [7, 11) is 0. The van der Waals surface area contributed by atoms with Crippen LogP contribution in [0.2, 0.25) is 0 Å². The van der Waals surface area contributed by atoms with Gasteiger partial charge in [0.1, 0.15) is 0 Å². The predicted molar refractivity (Wildman–Crippen MR) is 65.1 cm³/mol. The van der Waals surface area contributed by atoms with Crippen molar-refractivity contribution < 1.29 is 0 Å². The molecule has 0 saturated carbocycles. The molecule has 1 aliphatic rings. The summed E-state index contributed by atoms with van der Waals surface area (Å²) in [6, 6.07) is 6.26. The minimum atomic E-state index is 0.905. The van der Waals surface area contributed by atoms with Crippen LogP contribution in [0.4, 0.5) is 11.4 Å². The Morgan fingerprint density at radius 3 is 2.71 bits per heavy atom. The molecule has 0 aromatic heterocycles. The van der Waals surface area contributed by atoms with Gasteiger partial charge in [0.05, 0.1) is 11.4 Å². The molecule has 1 aromatic carbocycles. The van der Waals surface area contributed by atoms with Crippen molar-refractivity contribution in [3.8, 4) is 0 Å². The molecule has 0 atom stereocenters. The second-order valence-corrected chi connectivity index (χ2v) is 4.89. The maximum Gasteiger partial charge on any atom is 0.0603 e. The Hall–Kier alpha value is -0.830. The fourth-order valence-electron chi connectivity index (χ4n) is 1.73. The van der Waals surface area contributed by atoms with Gasteiger partial charge in [0.2, 0.25) is 0 Å². The molecule has 1 aromatic rings. The number of benzene rings is 1. The molecule has 0 unspecified atom stereocenters. The zero-order valence-corrected chi connectivity index (χ0v) is 9.31. The summed E-state index contributed by atoms with van der Waals surface area (Å²) in [5, 5.41) is 0. The van der Waals surface area contributed by atoms with Crippen molar-refractivity contribution in [1.82, 2.24) is 0 Å². The van der Waals surface area contributed by atoms with E-state index in [1.54, 1.807) is 0 Å². The summed E-state index contributed by atoms with van der Waals surface area (Å²) >= 11 is 2.02. The third-order valence-electron chi connectivity index (χ3n) is 2.54. The number of nitrogens with zero attached hydrogens (tertiary/aromatic N) is 1. The lowest BCUT2D eigenvalue weighted by Gasteiger charge is -2.29. The first-order valence-corrected chi connectivity index (χ1v) is 6.11. The van der Waals surface area contributed by atoms with E-state index in [4.69, 9.17) is 5.73 Å². The molecule has 14 heavy (non-hydrogen) atoms. The quantitative estimate of drug-likeness (QED) is 0.717. The summed E-state index contributed by atoms with van der Waals surface area (Å²) in [5.41, 5.74) is 9.37. The number of anilines is 2. The molecule has 1 fully saturated rings. The maximum absolute atomic E-state index is 5.97. The van der Waals surface area contributed by atoms with Crippen LogP contribution >= 0.6 is 11.8 Å². The minimum Gasteiger partial charge on any atom is -0.397 e. The Labute approximate surface area is 89.5 Å². The number of hydrogen-bond acceptors (Lipinski definition) is 3. The Kier molecular flexibility index (Phi) is 2.87. The summed E-state index contributed by atoms with van der Waals surface area (Å²) in [5.74, 6) is 2.43. The van der Waals surface area contributed by atoms with E-state index in [-0.39, 0.29) is 0 Å². The monoisotopic (exact) mass is 208 g/mol. The van der Waals surface area contributed by atoms with Crippen LogP contribution in [0.25, 0.3) is 0 Å². The number of rotatable bonds is 1. The zero-order chi connectivity index (χ0) is 9.97. The van der Waals surface area contributed by atoms with Gasteiger partial charge in [0.15, 0.2) is 0 Å². The standard InChI is InChI=1S/C11H16N2S/c1-9-2-3-10(12)11(8-9)13-4-6-14-7-5-13/h2-3,8H,4-7,12H2,1H3. The second kappa shape index (κ2) is 4.13. The van der Waals surface area contributed by atoms with E-state index < -0.39 is 0 Å². The summed E-state index contributed by atoms with van der Waals surface area (Å²) in [6.07, 6.45) is 0. The van der Waals surface area contributed by atoms with Crippen molar-refractivity contribution in [2.24, 2.45) is 0 Å². The first kappa shape index (κ1) is 9.71. The molecule has 1 heterocycles. The zero-order valence-electron chi connectivity index (χ0n) is 8.49. The molecule has 76 valence electrons. The SMILES string of the molecule is Cc1ccc(N)c(N2CCSCC2)c1. The summed E-state index contributed by atoms with van der Waals surface area (Å²) < 4.78 is 0. The smallest absolute Gasteiger partial charge is 0.0603 e. The van der Waals surface area contributed by atoms with Crippen LogP contribution in [0, 0.1) is 6.92 Å². The van der Waals surface area contributed by atoms with Gasteiger partial charge in [-0.1, -0.05) is 6.07 Å². The van der Waals surface area contributed by atoms with Gasteiger partial charge in [0, 0.05) is 24.6 Å². The Balaban J connectivity index is 2.24. The van der Waals surface area contributed by atoms with Crippen molar-refractivity contribution >= 4 is 23.1 Å². The highest BCUT2D eigenvalue weighted by Gasteiger charge is 2.13. The van der Waals surface area contributed by atoms with E-state index in [1.165, 1.54) is 22.8 Å². The van der Waals surface area contributed by atoms with Gasteiger partial charge in [-0.25, -0.2) is 0 Å². The number of nitrogen functional groups attached to an aromatic ring is 1. The average molecular weight is 208 g/mol. The lowest BCUT2D eigenvalue weighted by molar-refractivity contribution is 0.859. The van der Waals surface area contributed by atoms with Crippen LogP contribution in [0.1, 0.15) is 5.56 Å². The third-order valence-corrected chi connectivity index (χ3v) is 3.48. The Bertz CT molecular complexity index is 319. The van der Waals surface area contributed by atoms with E-state index in [0.717, 1.165) is 18.8 Å². The fourth-order valence-corrected chi connectivity index (χ4v) is 2.63. The van der Waals surface area contributed by atoms with E-state index in [0.29, 0.717) is 0 Å². The van der Waals surface area contributed by atoms with E-state index >= 15 is 0 Å². The molecule has 0 aliphatic carbocycles. The summed E-state index contributed by atoms with van der Waals surface area (Å²) in [6.45, 7) is 4.36. The molecular formula is C11H16N2S. The molecule has 3 heteroatoms. The number of nitrogens with two attached hydrogens (primary N) is 1. The number of aryl methyl sites for hydroxylation is 1. The van der Waals surface area contributed by atoms with Crippen LogP contribution < -0.4 is 10.6 Å². The third kappa shape index (κ3) is 1.98. The predicted octanol–water partition coefficient (Wildman–Crippen LogP) is 2.13. The van der Waals surface area contributed by atoms with Crippen molar-refractivity contribution in [2.75, 3.05) is 35.2 Å². The van der Waals surface area contributed by atoms with Crippen molar-refractivity contribution in [3.63, 3.8) is 0 Å². The Morgan fingerprint density at radius 2 is 2.00 bits per heavy atom. The molecule has 0 bridgehead atoms. The van der Waals surface area contributed by atoms with Crippen LogP contribution in [0.5, 0.6) is 0 Å². The lowest BCUT2D eigenvalue weighted by atomic mass is 10.1. The van der Waals surface area contributed by atoms with Gasteiger partial charge in [-0.2, -0.15) is 11.8 Å². The molecular weight excluding hydrogens is 192 g/mol. The van der Waals surface area contributed by atoms with Crippen LogP contribution in [0.3, 0.4) is 0 Å². The summed E-state index contributed by atoms with van der Waals surface area (Å²) in [4.78, 5) is 2.39. The van der Waals surface area contributed by atoms with E-state index in [9.17, 15) is 0 Å². The van der Waals surface area contributed by atoms with Crippen LogP contribution in [-0.4, -0.2) is 24.6 Å². The van der Waals surface area contributed by atoms with Gasteiger partial charge in [0.25, 0.3) is 0 Å². The highest BCUT2D eigenvalue weighted by Crippen LogP contribution is 2.26. The Morgan fingerprint density at radius 1 is 1.29 bits per heavy atom. The van der Waals surface area contributed by atoms with Crippen molar-refractivity contribution in [2.45, 2.75) is 6.92 Å². The fraction of sp³-hybridized carbons (Fsp3) is 0.455. The first-order valence-electron chi connectivity index (χ1n) is 4.96. The minimum absolute atomic E-state index is 0.905. The average Bonchev–Trinajstić information content (AvgIpc) is 2.23. The molecule has 0 amide bonds. The first-order chi connectivity index (χ1) is 6.77. The van der Waals surface area contributed by atoms with Crippen molar-refractivity contribution in [1.29, 1.82) is 0 Å². The number of hydrogen-bond donors (Lipinski definition) is 1. The van der Waals surface area contributed by atoms with Gasteiger partial charge in [-0.15, -0.1) is 0 Å². The van der Waals surface area contributed by atoms with Gasteiger partial charge in [-0.05, 0) is 24.6 Å². The molecule has 2 rings (SSSR count). The van der Waals surface area contributed by atoms with Gasteiger partial charge in [-0.3, -0.25) is 0 Å². The maximum atomic E-state index is 5.97.